The van der Waals surface area contributed by atoms with Crippen molar-refractivity contribution in [3.63, 3.8) is 0 Å². The molecule has 192 valence electrons. The zero-order valence-corrected chi connectivity index (χ0v) is 20.9. The van der Waals surface area contributed by atoms with Gasteiger partial charge in [0.05, 0.1) is 38.4 Å². The van der Waals surface area contributed by atoms with Gasteiger partial charge in [-0.2, -0.15) is 4.99 Å². The molecule has 4 rings (SSSR count). The van der Waals surface area contributed by atoms with Crippen LogP contribution in [0.15, 0.2) is 58.4 Å². The number of carbonyl (C=O) groups is 2. The van der Waals surface area contributed by atoms with Crippen LogP contribution >= 0.6 is 0 Å². The van der Waals surface area contributed by atoms with Crippen LogP contribution in [0.4, 0.5) is 0 Å². The van der Waals surface area contributed by atoms with E-state index in [1.807, 2.05) is 0 Å². The summed E-state index contributed by atoms with van der Waals surface area (Å²) in [5.74, 6) is -0.662. The number of fused-ring (bicyclic) bond motifs is 2. The second-order valence-corrected chi connectivity index (χ2v) is 7.81. The molecule has 0 aliphatic heterocycles. The number of benzene rings is 1. The van der Waals surface area contributed by atoms with Gasteiger partial charge in [0, 0.05) is 25.9 Å². The topological polar surface area (TPSA) is 123 Å². The first-order chi connectivity index (χ1) is 17.9. The Hall–Kier alpha value is -4.51. The molecule has 11 heteroatoms. The molecule has 11 nitrogen and oxygen atoms in total. The highest BCUT2D eigenvalue weighted by atomic mass is 16.5. The summed E-state index contributed by atoms with van der Waals surface area (Å²) in [4.78, 5) is 48.7. The van der Waals surface area contributed by atoms with Crippen LogP contribution in [0.1, 0.15) is 27.6 Å². The third-order valence-electron chi connectivity index (χ3n) is 5.65. The predicted molar refractivity (Wildman–Crippen MR) is 134 cm³/mol. The monoisotopic (exact) mass is 506 g/mol. The Morgan fingerprint density at radius 1 is 1.03 bits per heavy atom. The molecule has 1 amide bonds. The quantitative estimate of drug-likeness (QED) is 0.263. The van der Waals surface area contributed by atoms with Crippen molar-refractivity contribution in [3.8, 4) is 11.5 Å². The number of hydrogen-bond donors (Lipinski definition) is 0. The normalized spacial score (nSPS) is 11.6. The number of carbonyl (C=O) groups excluding carboxylic acids is 2. The number of aromatic nitrogens is 3. The summed E-state index contributed by atoms with van der Waals surface area (Å²) in [5.41, 5.74) is 0.341. The Kier molecular flexibility index (Phi) is 7.63. The molecule has 0 spiro atoms. The number of ether oxygens (including phenoxy) is 4. The molecule has 0 saturated heterocycles. The highest BCUT2D eigenvalue weighted by Gasteiger charge is 2.21. The van der Waals surface area contributed by atoms with Crippen LogP contribution in [-0.2, 0) is 16.0 Å². The van der Waals surface area contributed by atoms with Crippen LogP contribution in [0.5, 0.6) is 11.5 Å². The maximum atomic E-state index is 13.4. The zero-order valence-electron chi connectivity index (χ0n) is 20.9. The first-order valence-corrected chi connectivity index (χ1v) is 11.5. The highest BCUT2D eigenvalue weighted by Crippen LogP contribution is 2.25. The summed E-state index contributed by atoms with van der Waals surface area (Å²) in [7, 11) is 4.44. The summed E-state index contributed by atoms with van der Waals surface area (Å²) in [6.07, 6.45) is 1.59. The number of nitrogens with zero attached hydrogens (tertiary/aromatic N) is 4. The summed E-state index contributed by atoms with van der Waals surface area (Å²) < 4.78 is 24.0. The van der Waals surface area contributed by atoms with Crippen molar-refractivity contribution in [1.29, 1.82) is 0 Å². The minimum atomic E-state index is -0.735. The fourth-order valence-electron chi connectivity index (χ4n) is 3.88. The molecule has 0 bridgehead atoms. The van der Waals surface area contributed by atoms with E-state index in [0.29, 0.717) is 11.4 Å². The molecule has 4 aromatic rings. The third-order valence-corrected chi connectivity index (χ3v) is 5.65. The summed E-state index contributed by atoms with van der Waals surface area (Å²) in [6, 6.07) is 11.2. The van der Waals surface area contributed by atoms with Crippen molar-refractivity contribution >= 4 is 28.6 Å². The van der Waals surface area contributed by atoms with Gasteiger partial charge in [0.1, 0.15) is 28.4 Å². The minimum absolute atomic E-state index is 0.0157. The average molecular weight is 507 g/mol. The number of hydrogen-bond acceptors (Lipinski definition) is 8. The van der Waals surface area contributed by atoms with Crippen molar-refractivity contribution in [2.24, 2.45) is 4.99 Å². The van der Waals surface area contributed by atoms with Gasteiger partial charge in [-0.15, -0.1) is 0 Å². The lowest BCUT2D eigenvalue weighted by molar-refractivity contribution is 0.0523. The molecule has 3 aromatic heterocycles. The molecule has 0 atom stereocenters. The number of esters is 1. The molecule has 0 aliphatic rings. The van der Waals surface area contributed by atoms with E-state index >= 15 is 0 Å². The minimum Gasteiger partial charge on any atom is -0.497 e. The van der Waals surface area contributed by atoms with Crippen molar-refractivity contribution in [2.75, 3.05) is 34.5 Å². The Morgan fingerprint density at radius 2 is 1.84 bits per heavy atom. The van der Waals surface area contributed by atoms with Crippen LogP contribution in [0.3, 0.4) is 0 Å². The van der Waals surface area contributed by atoms with E-state index in [4.69, 9.17) is 18.9 Å². The molecule has 3 heterocycles. The van der Waals surface area contributed by atoms with E-state index in [1.165, 1.54) is 42.4 Å². The lowest BCUT2D eigenvalue weighted by Crippen LogP contribution is -2.33. The fraction of sp³-hybridized carbons (Fsp3) is 0.269. The molecule has 0 unspecified atom stereocenters. The van der Waals surface area contributed by atoms with Gasteiger partial charge in [-0.1, -0.05) is 6.07 Å². The van der Waals surface area contributed by atoms with Crippen LogP contribution in [-0.4, -0.2) is 60.4 Å². The lowest BCUT2D eigenvalue weighted by atomic mass is 10.1. The standard InChI is InChI=1S/C26H26N4O7/c1-5-37-26(33)19-15-18-22(27-21-8-6-7-11-29(21)25(18)32)30(12-13-34-2)23(19)28-24(31)17-10-9-16(35-3)14-20(17)36-4/h6-11,14-15H,5,12-13H2,1-4H3. The number of rotatable bonds is 8. The van der Waals surface area contributed by atoms with Crippen molar-refractivity contribution in [2.45, 2.75) is 13.5 Å². The molecule has 0 saturated carbocycles. The summed E-state index contributed by atoms with van der Waals surface area (Å²) >= 11 is 0. The van der Waals surface area contributed by atoms with Gasteiger partial charge in [0.2, 0.25) is 0 Å². The van der Waals surface area contributed by atoms with Gasteiger partial charge in [-0.3, -0.25) is 14.0 Å². The molecule has 1 aromatic carbocycles. The van der Waals surface area contributed by atoms with E-state index in [9.17, 15) is 14.4 Å². The molecule has 37 heavy (non-hydrogen) atoms. The van der Waals surface area contributed by atoms with Crippen LogP contribution in [0.25, 0.3) is 16.7 Å². The first kappa shape index (κ1) is 25.6. The van der Waals surface area contributed by atoms with Gasteiger partial charge >= 0.3 is 5.97 Å². The number of pyridine rings is 2. The van der Waals surface area contributed by atoms with Crippen molar-refractivity contribution in [1.82, 2.24) is 14.0 Å². The number of amides is 1. The third kappa shape index (κ3) is 4.94. The van der Waals surface area contributed by atoms with E-state index < -0.39 is 11.9 Å². The van der Waals surface area contributed by atoms with Crippen molar-refractivity contribution in [3.05, 3.63) is 75.6 Å². The van der Waals surface area contributed by atoms with Gasteiger partial charge in [0.15, 0.2) is 5.49 Å². The first-order valence-electron chi connectivity index (χ1n) is 11.5. The van der Waals surface area contributed by atoms with Crippen LogP contribution in [0.2, 0.25) is 0 Å². The summed E-state index contributed by atoms with van der Waals surface area (Å²) in [6.45, 7) is 2.10. The smallest absolute Gasteiger partial charge is 0.341 e. The van der Waals surface area contributed by atoms with E-state index in [0.717, 1.165) is 0 Å². The maximum absolute atomic E-state index is 13.4. The van der Waals surface area contributed by atoms with Gasteiger partial charge in [-0.25, -0.2) is 9.78 Å². The molecule has 0 radical (unpaired) electrons. The molecule has 0 fully saturated rings. The second kappa shape index (κ2) is 11.0. The zero-order chi connectivity index (χ0) is 26.5. The largest absolute Gasteiger partial charge is 0.497 e. The van der Waals surface area contributed by atoms with E-state index in [-0.39, 0.29) is 58.7 Å². The fourth-order valence-corrected chi connectivity index (χ4v) is 3.88. The van der Waals surface area contributed by atoms with Gasteiger partial charge < -0.3 is 23.5 Å². The molecule has 0 aliphatic carbocycles. The number of methoxy groups -OCH3 is 3. The maximum Gasteiger partial charge on any atom is 0.341 e. The molecular formula is C26H26N4O7. The Balaban J connectivity index is 2.09. The van der Waals surface area contributed by atoms with E-state index in [1.54, 1.807) is 43.5 Å². The second-order valence-electron chi connectivity index (χ2n) is 7.81. The van der Waals surface area contributed by atoms with Crippen molar-refractivity contribution < 1.29 is 28.5 Å². The van der Waals surface area contributed by atoms with E-state index in [2.05, 4.69) is 9.98 Å². The lowest BCUT2D eigenvalue weighted by Gasteiger charge is -2.15. The SMILES string of the molecule is CCOC(=O)c1cc2c(=O)n3ccccc3nc2n(CCOC)c1=NC(=O)c1ccc(OC)cc1OC. The van der Waals surface area contributed by atoms with Gasteiger partial charge in [-0.05, 0) is 37.3 Å². The average Bonchev–Trinajstić information content (AvgIpc) is 2.92. The highest BCUT2D eigenvalue weighted by molar-refractivity contribution is 5.99. The molecular weight excluding hydrogens is 480 g/mol. The van der Waals surface area contributed by atoms with Crippen LogP contribution in [0, 0.1) is 0 Å². The Bertz CT molecular complexity index is 1620. The summed E-state index contributed by atoms with van der Waals surface area (Å²) in [5, 5.41) is 0.163. The Labute approximate surface area is 211 Å². The van der Waals surface area contributed by atoms with Crippen LogP contribution < -0.4 is 20.5 Å². The van der Waals surface area contributed by atoms with Gasteiger partial charge in [0.25, 0.3) is 11.5 Å². The predicted octanol–water partition coefficient (Wildman–Crippen LogP) is 2.23. The molecule has 0 N–H and O–H groups in total. The Morgan fingerprint density at radius 3 is 2.54 bits per heavy atom.